The molecule has 1 unspecified atom stereocenters. The molecule has 2 heterocycles. The summed E-state index contributed by atoms with van der Waals surface area (Å²) in [6.07, 6.45) is 2.60. The predicted molar refractivity (Wildman–Crippen MR) is 77.6 cm³/mol. The van der Waals surface area contributed by atoms with Crippen molar-refractivity contribution in [1.29, 1.82) is 0 Å². The van der Waals surface area contributed by atoms with Gasteiger partial charge in [-0.15, -0.1) is 0 Å². The number of hydrogen-bond acceptors (Lipinski definition) is 3. The molecule has 4 nitrogen and oxygen atoms in total. The van der Waals surface area contributed by atoms with E-state index in [0.717, 1.165) is 23.3 Å². The molecule has 2 rings (SSSR count). The van der Waals surface area contributed by atoms with Gasteiger partial charge >= 0.3 is 0 Å². The van der Waals surface area contributed by atoms with Gasteiger partial charge in [0.25, 0.3) is 0 Å². The van der Waals surface area contributed by atoms with Crippen molar-refractivity contribution < 1.29 is 0 Å². The predicted octanol–water partition coefficient (Wildman–Crippen LogP) is 2.02. The van der Waals surface area contributed by atoms with Gasteiger partial charge in [0.1, 0.15) is 0 Å². The van der Waals surface area contributed by atoms with E-state index in [0.29, 0.717) is 6.04 Å². The van der Waals surface area contributed by atoms with E-state index in [9.17, 15) is 0 Å². The van der Waals surface area contributed by atoms with Crippen LogP contribution in [0.15, 0.2) is 4.47 Å². The number of likely N-dealkylation sites (N-methyl/N-ethyl adjacent to an activating group) is 1. The molecule has 1 aromatic rings. The summed E-state index contributed by atoms with van der Waals surface area (Å²) in [5.74, 6) is 0. The Morgan fingerprint density at radius 3 is 2.72 bits per heavy atom. The number of hydrogen-bond donors (Lipinski definition) is 0. The highest BCUT2D eigenvalue weighted by Crippen LogP contribution is 2.23. The van der Waals surface area contributed by atoms with Crippen molar-refractivity contribution in [2.24, 2.45) is 7.05 Å². The van der Waals surface area contributed by atoms with E-state index in [1.807, 2.05) is 18.7 Å². The van der Waals surface area contributed by atoms with Crippen molar-refractivity contribution in [3.05, 3.63) is 15.9 Å². The standard InChI is InChI=1S/C13H23BrN4/c1-10-13(14)12(17(4)15-10)9-18-7-5-6-11(8-18)16(2)3/h11H,5-9H2,1-4H3. The van der Waals surface area contributed by atoms with Crippen LogP contribution in [0.25, 0.3) is 0 Å². The first-order valence-corrected chi connectivity index (χ1v) is 7.35. The van der Waals surface area contributed by atoms with E-state index in [1.54, 1.807) is 0 Å². The Bertz CT molecular complexity index is 413. The van der Waals surface area contributed by atoms with Crippen LogP contribution in [0, 0.1) is 6.92 Å². The molecule has 1 saturated heterocycles. The molecule has 1 fully saturated rings. The van der Waals surface area contributed by atoms with Crippen molar-refractivity contribution in [3.8, 4) is 0 Å². The fourth-order valence-electron chi connectivity index (χ4n) is 2.66. The Hall–Kier alpha value is -0.390. The largest absolute Gasteiger partial charge is 0.305 e. The fourth-order valence-corrected chi connectivity index (χ4v) is 3.12. The molecule has 1 aliphatic rings. The smallest absolute Gasteiger partial charge is 0.0739 e. The van der Waals surface area contributed by atoms with Gasteiger partial charge in [-0.05, 0) is 56.3 Å². The summed E-state index contributed by atoms with van der Waals surface area (Å²) in [5, 5.41) is 4.46. The van der Waals surface area contributed by atoms with Gasteiger partial charge in [0.05, 0.1) is 15.9 Å². The lowest BCUT2D eigenvalue weighted by atomic mass is 10.0. The zero-order valence-electron chi connectivity index (χ0n) is 11.8. The van der Waals surface area contributed by atoms with Crippen LogP contribution in [-0.4, -0.2) is 52.8 Å². The Morgan fingerprint density at radius 1 is 1.44 bits per heavy atom. The molecular formula is C13H23BrN4. The molecule has 0 saturated carbocycles. The minimum atomic E-state index is 0.687. The third-order valence-corrected chi connectivity index (χ3v) is 4.88. The number of aryl methyl sites for hydroxylation is 2. The number of aromatic nitrogens is 2. The second kappa shape index (κ2) is 5.72. The fraction of sp³-hybridized carbons (Fsp3) is 0.769. The topological polar surface area (TPSA) is 24.3 Å². The Balaban J connectivity index is 2.05. The molecule has 1 atom stereocenters. The number of likely N-dealkylation sites (tertiary alicyclic amines) is 1. The second-order valence-electron chi connectivity index (χ2n) is 5.46. The zero-order chi connectivity index (χ0) is 13.3. The van der Waals surface area contributed by atoms with Crippen molar-refractivity contribution in [1.82, 2.24) is 19.6 Å². The van der Waals surface area contributed by atoms with Gasteiger partial charge in [-0.1, -0.05) is 0 Å². The number of rotatable bonds is 3. The molecule has 102 valence electrons. The van der Waals surface area contributed by atoms with Gasteiger partial charge in [-0.2, -0.15) is 5.10 Å². The van der Waals surface area contributed by atoms with E-state index in [-0.39, 0.29) is 0 Å². The molecular weight excluding hydrogens is 292 g/mol. The van der Waals surface area contributed by atoms with Crippen LogP contribution >= 0.6 is 15.9 Å². The average Bonchev–Trinajstić information content (AvgIpc) is 2.56. The maximum atomic E-state index is 4.46. The van der Waals surface area contributed by atoms with Crippen molar-refractivity contribution >= 4 is 15.9 Å². The summed E-state index contributed by atoms with van der Waals surface area (Å²) in [4.78, 5) is 4.88. The highest BCUT2D eigenvalue weighted by molar-refractivity contribution is 9.10. The molecule has 0 spiro atoms. The van der Waals surface area contributed by atoms with Gasteiger partial charge in [0.15, 0.2) is 0 Å². The van der Waals surface area contributed by atoms with Crippen molar-refractivity contribution in [2.45, 2.75) is 32.4 Å². The second-order valence-corrected chi connectivity index (χ2v) is 6.26. The molecule has 0 amide bonds. The number of nitrogens with zero attached hydrogens (tertiary/aromatic N) is 4. The Kier molecular flexibility index (Phi) is 4.45. The maximum Gasteiger partial charge on any atom is 0.0739 e. The van der Waals surface area contributed by atoms with E-state index in [1.165, 1.54) is 25.1 Å². The lowest BCUT2D eigenvalue weighted by Crippen LogP contribution is -2.44. The van der Waals surface area contributed by atoms with Gasteiger partial charge in [0.2, 0.25) is 0 Å². The monoisotopic (exact) mass is 314 g/mol. The molecule has 1 aromatic heterocycles. The lowest BCUT2D eigenvalue weighted by molar-refractivity contribution is 0.125. The van der Waals surface area contributed by atoms with Crippen LogP contribution in [0.4, 0.5) is 0 Å². The minimum Gasteiger partial charge on any atom is -0.305 e. The van der Waals surface area contributed by atoms with E-state index in [2.05, 4.69) is 44.9 Å². The Labute approximate surface area is 118 Å². The van der Waals surface area contributed by atoms with Gasteiger partial charge in [-0.25, -0.2) is 0 Å². The van der Waals surface area contributed by atoms with E-state index >= 15 is 0 Å². The summed E-state index contributed by atoms with van der Waals surface area (Å²) in [6.45, 7) is 5.39. The van der Waals surface area contributed by atoms with Crippen LogP contribution in [0.3, 0.4) is 0 Å². The van der Waals surface area contributed by atoms with Crippen LogP contribution in [-0.2, 0) is 13.6 Å². The summed E-state index contributed by atoms with van der Waals surface area (Å²) in [6, 6.07) is 0.687. The van der Waals surface area contributed by atoms with Gasteiger partial charge in [0, 0.05) is 26.2 Å². The molecule has 0 aromatic carbocycles. The number of piperidine rings is 1. The third kappa shape index (κ3) is 2.95. The van der Waals surface area contributed by atoms with Crippen LogP contribution in [0.1, 0.15) is 24.2 Å². The molecule has 0 aliphatic carbocycles. The van der Waals surface area contributed by atoms with Crippen LogP contribution in [0.2, 0.25) is 0 Å². The average molecular weight is 315 g/mol. The van der Waals surface area contributed by atoms with E-state index in [4.69, 9.17) is 0 Å². The SMILES string of the molecule is Cc1nn(C)c(CN2CCCC(N(C)C)C2)c1Br. The zero-order valence-corrected chi connectivity index (χ0v) is 13.4. The first-order valence-electron chi connectivity index (χ1n) is 6.55. The molecule has 0 radical (unpaired) electrons. The Morgan fingerprint density at radius 2 is 2.17 bits per heavy atom. The first-order chi connectivity index (χ1) is 8.49. The molecule has 0 bridgehead atoms. The van der Waals surface area contributed by atoms with Gasteiger partial charge < -0.3 is 4.90 Å². The summed E-state index contributed by atoms with van der Waals surface area (Å²) in [7, 11) is 6.39. The minimum absolute atomic E-state index is 0.687. The van der Waals surface area contributed by atoms with Crippen LogP contribution in [0.5, 0.6) is 0 Å². The normalized spacial score (nSPS) is 21.8. The highest BCUT2D eigenvalue weighted by Gasteiger charge is 2.23. The van der Waals surface area contributed by atoms with Crippen LogP contribution < -0.4 is 0 Å². The van der Waals surface area contributed by atoms with E-state index < -0.39 is 0 Å². The molecule has 5 heteroatoms. The quantitative estimate of drug-likeness (QED) is 0.853. The summed E-state index contributed by atoms with van der Waals surface area (Å²) >= 11 is 3.65. The van der Waals surface area contributed by atoms with Gasteiger partial charge in [-0.3, -0.25) is 9.58 Å². The van der Waals surface area contributed by atoms with Crippen molar-refractivity contribution in [3.63, 3.8) is 0 Å². The van der Waals surface area contributed by atoms with Crippen molar-refractivity contribution in [2.75, 3.05) is 27.2 Å². The molecule has 1 aliphatic heterocycles. The number of halogens is 1. The maximum absolute atomic E-state index is 4.46. The molecule has 18 heavy (non-hydrogen) atoms. The molecule has 0 N–H and O–H groups in total. The first kappa shape index (κ1) is 14.0. The highest BCUT2D eigenvalue weighted by atomic mass is 79.9. The lowest BCUT2D eigenvalue weighted by Gasteiger charge is -2.36. The summed E-state index contributed by atoms with van der Waals surface area (Å²) < 4.78 is 3.16. The summed E-state index contributed by atoms with van der Waals surface area (Å²) in [5.41, 5.74) is 2.36. The third-order valence-electron chi connectivity index (χ3n) is 3.85.